The molecule has 0 saturated heterocycles. The van der Waals surface area contributed by atoms with E-state index in [-0.39, 0.29) is 5.56 Å². The second-order valence-corrected chi connectivity index (χ2v) is 4.87. The summed E-state index contributed by atoms with van der Waals surface area (Å²) in [5.41, 5.74) is 1.58. The molecule has 0 aromatic carbocycles. The Labute approximate surface area is 113 Å². The predicted octanol–water partition coefficient (Wildman–Crippen LogP) is 1.58. The van der Waals surface area contributed by atoms with Crippen molar-refractivity contribution >= 4 is 5.52 Å². The summed E-state index contributed by atoms with van der Waals surface area (Å²) in [7, 11) is 0. The van der Waals surface area contributed by atoms with Crippen LogP contribution in [-0.2, 0) is 6.54 Å². The van der Waals surface area contributed by atoms with Crippen LogP contribution in [0.1, 0.15) is 31.9 Å². The van der Waals surface area contributed by atoms with Crippen molar-refractivity contribution in [1.29, 1.82) is 0 Å². The fourth-order valence-corrected chi connectivity index (χ4v) is 2.16. The highest BCUT2D eigenvalue weighted by molar-refractivity contribution is 5.44. The number of unbranched alkanes of at least 4 members (excludes halogenated alkanes) is 1. The zero-order valence-corrected chi connectivity index (χ0v) is 11.7. The SMILES string of the molecule is CCCNCCCCn1ccn2nc(C)cc2c1=O. The molecule has 0 saturated carbocycles. The molecule has 1 N–H and O–H groups in total. The maximum atomic E-state index is 12.2. The van der Waals surface area contributed by atoms with Crippen LogP contribution in [-0.4, -0.2) is 27.3 Å². The number of nitrogens with zero attached hydrogens (tertiary/aromatic N) is 3. The van der Waals surface area contributed by atoms with Crippen LogP contribution in [0.5, 0.6) is 0 Å². The molecule has 5 nitrogen and oxygen atoms in total. The summed E-state index contributed by atoms with van der Waals surface area (Å²) in [5, 5.41) is 7.61. The van der Waals surface area contributed by atoms with Crippen LogP contribution in [0.2, 0.25) is 0 Å². The molecule has 2 heterocycles. The Morgan fingerprint density at radius 3 is 2.89 bits per heavy atom. The van der Waals surface area contributed by atoms with Crippen LogP contribution < -0.4 is 10.9 Å². The normalized spacial score (nSPS) is 11.3. The third kappa shape index (κ3) is 3.44. The Kier molecular flexibility index (Phi) is 4.74. The molecular formula is C14H22N4O. The fraction of sp³-hybridized carbons (Fsp3) is 0.571. The summed E-state index contributed by atoms with van der Waals surface area (Å²) >= 11 is 0. The number of nitrogens with one attached hydrogen (secondary N) is 1. The maximum absolute atomic E-state index is 12.2. The minimum atomic E-state index is 0.0459. The Hall–Kier alpha value is -1.62. The standard InChI is InChI=1S/C14H22N4O/c1-3-6-15-7-4-5-8-17-9-10-18-13(14(17)19)11-12(2)16-18/h9-11,15H,3-8H2,1-2H3. The van der Waals surface area contributed by atoms with Gasteiger partial charge < -0.3 is 9.88 Å². The molecule has 104 valence electrons. The highest BCUT2D eigenvalue weighted by atomic mass is 16.1. The molecule has 19 heavy (non-hydrogen) atoms. The quantitative estimate of drug-likeness (QED) is 0.771. The maximum Gasteiger partial charge on any atom is 0.276 e. The van der Waals surface area contributed by atoms with Crippen molar-refractivity contribution in [3.8, 4) is 0 Å². The third-order valence-corrected chi connectivity index (χ3v) is 3.16. The molecule has 0 aliphatic heterocycles. The summed E-state index contributed by atoms with van der Waals surface area (Å²) in [6.07, 6.45) is 6.94. The molecule has 0 aliphatic carbocycles. The van der Waals surface area contributed by atoms with Crippen LogP contribution in [0, 0.1) is 6.92 Å². The van der Waals surface area contributed by atoms with Crippen molar-refractivity contribution < 1.29 is 0 Å². The van der Waals surface area contributed by atoms with Gasteiger partial charge in [-0.1, -0.05) is 6.92 Å². The van der Waals surface area contributed by atoms with E-state index in [0.717, 1.165) is 44.6 Å². The molecule has 5 heteroatoms. The van der Waals surface area contributed by atoms with Crippen molar-refractivity contribution in [3.05, 3.63) is 34.5 Å². The molecule has 2 rings (SSSR count). The van der Waals surface area contributed by atoms with Gasteiger partial charge in [-0.05, 0) is 45.3 Å². The van der Waals surface area contributed by atoms with E-state index in [9.17, 15) is 4.79 Å². The van der Waals surface area contributed by atoms with E-state index in [0.29, 0.717) is 5.52 Å². The lowest BCUT2D eigenvalue weighted by Crippen LogP contribution is -2.22. The number of aromatic nitrogens is 3. The van der Waals surface area contributed by atoms with Crippen molar-refractivity contribution in [1.82, 2.24) is 19.5 Å². The van der Waals surface area contributed by atoms with E-state index in [2.05, 4.69) is 17.3 Å². The van der Waals surface area contributed by atoms with E-state index < -0.39 is 0 Å². The van der Waals surface area contributed by atoms with Gasteiger partial charge in [-0.3, -0.25) is 4.79 Å². The summed E-state index contributed by atoms with van der Waals surface area (Å²) in [6, 6.07) is 1.83. The Morgan fingerprint density at radius 2 is 2.11 bits per heavy atom. The Morgan fingerprint density at radius 1 is 1.26 bits per heavy atom. The van der Waals surface area contributed by atoms with Crippen molar-refractivity contribution in [2.45, 2.75) is 39.7 Å². The highest BCUT2D eigenvalue weighted by Gasteiger charge is 2.04. The highest BCUT2D eigenvalue weighted by Crippen LogP contribution is 2.01. The van der Waals surface area contributed by atoms with Crippen molar-refractivity contribution in [2.75, 3.05) is 13.1 Å². The second-order valence-electron chi connectivity index (χ2n) is 4.87. The zero-order chi connectivity index (χ0) is 13.7. The zero-order valence-electron chi connectivity index (χ0n) is 11.7. The molecule has 0 spiro atoms. The number of fused-ring (bicyclic) bond motifs is 1. The minimum absolute atomic E-state index is 0.0459. The minimum Gasteiger partial charge on any atom is -0.317 e. The van der Waals surface area contributed by atoms with Gasteiger partial charge in [-0.15, -0.1) is 0 Å². The second kappa shape index (κ2) is 6.52. The van der Waals surface area contributed by atoms with E-state index in [1.165, 1.54) is 0 Å². The average molecular weight is 262 g/mol. The topological polar surface area (TPSA) is 51.3 Å². The predicted molar refractivity (Wildman–Crippen MR) is 76.6 cm³/mol. The van der Waals surface area contributed by atoms with Gasteiger partial charge in [0.2, 0.25) is 0 Å². The summed E-state index contributed by atoms with van der Waals surface area (Å²) in [6.45, 7) is 6.93. The molecule has 0 bridgehead atoms. The lowest BCUT2D eigenvalue weighted by molar-refractivity contribution is 0.557. The van der Waals surface area contributed by atoms with Crippen LogP contribution in [0.25, 0.3) is 5.52 Å². The first-order valence-electron chi connectivity index (χ1n) is 6.98. The van der Waals surface area contributed by atoms with Crippen LogP contribution in [0.15, 0.2) is 23.3 Å². The van der Waals surface area contributed by atoms with E-state index in [1.54, 1.807) is 9.08 Å². The van der Waals surface area contributed by atoms with Gasteiger partial charge in [-0.25, -0.2) is 4.52 Å². The van der Waals surface area contributed by atoms with Crippen LogP contribution in [0.4, 0.5) is 0 Å². The lowest BCUT2D eigenvalue weighted by Gasteiger charge is -2.06. The summed E-state index contributed by atoms with van der Waals surface area (Å²) < 4.78 is 3.42. The molecule has 2 aromatic rings. The molecular weight excluding hydrogens is 240 g/mol. The first-order valence-corrected chi connectivity index (χ1v) is 6.98. The Bertz CT molecular complexity index is 585. The van der Waals surface area contributed by atoms with Crippen molar-refractivity contribution in [3.63, 3.8) is 0 Å². The van der Waals surface area contributed by atoms with E-state index in [4.69, 9.17) is 0 Å². The van der Waals surface area contributed by atoms with Gasteiger partial charge in [0.1, 0.15) is 5.52 Å². The average Bonchev–Trinajstić information content (AvgIpc) is 2.77. The van der Waals surface area contributed by atoms with Crippen molar-refractivity contribution in [2.24, 2.45) is 0 Å². The smallest absolute Gasteiger partial charge is 0.276 e. The van der Waals surface area contributed by atoms with Crippen LogP contribution >= 0.6 is 0 Å². The summed E-state index contributed by atoms with van der Waals surface area (Å²) in [4.78, 5) is 12.2. The van der Waals surface area contributed by atoms with Gasteiger partial charge in [0.25, 0.3) is 5.56 Å². The number of hydrogen-bond acceptors (Lipinski definition) is 3. The molecule has 0 unspecified atom stereocenters. The number of rotatable bonds is 7. The first kappa shape index (κ1) is 13.8. The molecule has 0 aliphatic rings. The van der Waals surface area contributed by atoms with E-state index >= 15 is 0 Å². The Balaban J connectivity index is 1.94. The third-order valence-electron chi connectivity index (χ3n) is 3.16. The molecule has 2 aromatic heterocycles. The molecule has 0 fully saturated rings. The monoisotopic (exact) mass is 262 g/mol. The van der Waals surface area contributed by atoms with Gasteiger partial charge in [0.15, 0.2) is 0 Å². The molecule has 0 atom stereocenters. The van der Waals surface area contributed by atoms with Crippen LogP contribution in [0.3, 0.4) is 0 Å². The largest absolute Gasteiger partial charge is 0.317 e. The molecule has 0 radical (unpaired) electrons. The van der Waals surface area contributed by atoms with Gasteiger partial charge >= 0.3 is 0 Å². The number of aryl methyl sites for hydroxylation is 2. The van der Waals surface area contributed by atoms with E-state index in [1.807, 2.05) is 25.4 Å². The first-order chi connectivity index (χ1) is 9.22. The lowest BCUT2D eigenvalue weighted by atomic mass is 10.3. The van der Waals surface area contributed by atoms with Gasteiger partial charge in [0.05, 0.1) is 5.69 Å². The van der Waals surface area contributed by atoms with Gasteiger partial charge in [0, 0.05) is 18.9 Å². The number of hydrogen-bond donors (Lipinski definition) is 1. The fourth-order valence-electron chi connectivity index (χ4n) is 2.16. The van der Waals surface area contributed by atoms with Gasteiger partial charge in [-0.2, -0.15) is 5.10 Å². The summed E-state index contributed by atoms with van der Waals surface area (Å²) in [5.74, 6) is 0. The molecule has 0 amide bonds.